The van der Waals surface area contributed by atoms with Crippen molar-refractivity contribution in [1.82, 2.24) is 15.3 Å². The molecule has 2 aromatic rings. The average molecular weight is 532 g/mol. The lowest BCUT2D eigenvalue weighted by Gasteiger charge is -2.14. The summed E-state index contributed by atoms with van der Waals surface area (Å²) in [5.74, 6) is 0.711. The summed E-state index contributed by atoms with van der Waals surface area (Å²) in [5.41, 5.74) is 9.43. The van der Waals surface area contributed by atoms with Crippen LogP contribution in [0.15, 0.2) is 24.3 Å². The van der Waals surface area contributed by atoms with Gasteiger partial charge in [-0.05, 0) is 37.3 Å². The van der Waals surface area contributed by atoms with Crippen LogP contribution in [0.4, 0.5) is 11.8 Å². The van der Waals surface area contributed by atoms with Crippen molar-refractivity contribution in [3.63, 3.8) is 0 Å². The molecule has 8 heteroatoms. The van der Waals surface area contributed by atoms with E-state index < -0.39 is 0 Å². The number of nitrogens with zero attached hydrogens (tertiary/aromatic N) is 2. The number of methoxy groups -OCH3 is 1. The molecule has 216 valence electrons. The van der Waals surface area contributed by atoms with Crippen molar-refractivity contribution in [1.29, 1.82) is 0 Å². The van der Waals surface area contributed by atoms with Crippen molar-refractivity contribution in [2.24, 2.45) is 0 Å². The van der Waals surface area contributed by atoms with Crippen LogP contribution < -0.4 is 16.4 Å². The van der Waals surface area contributed by atoms with Crippen LogP contribution in [-0.4, -0.2) is 42.0 Å². The molecule has 4 N–H and O–H groups in total. The number of esters is 1. The van der Waals surface area contributed by atoms with E-state index in [1.54, 1.807) is 0 Å². The number of amides is 1. The fraction of sp³-hybridized carbons (Fsp3) is 0.600. The van der Waals surface area contributed by atoms with Gasteiger partial charge in [0, 0.05) is 24.3 Å². The Morgan fingerprint density at radius 3 is 2.16 bits per heavy atom. The molecule has 8 nitrogen and oxygen atoms in total. The Hall–Kier alpha value is -3.16. The second-order valence-electron chi connectivity index (χ2n) is 7.83. The molecule has 0 bridgehead atoms. The summed E-state index contributed by atoms with van der Waals surface area (Å²) in [6.45, 7) is 17.5. The summed E-state index contributed by atoms with van der Waals surface area (Å²) in [6, 6.07) is 7.44. The quantitative estimate of drug-likeness (QED) is 0.212. The van der Waals surface area contributed by atoms with Crippen LogP contribution in [0.3, 0.4) is 0 Å². The van der Waals surface area contributed by atoms with E-state index in [2.05, 4.69) is 27.5 Å². The lowest BCUT2D eigenvalue weighted by molar-refractivity contribution is -0.139. The number of rotatable bonds is 13. The minimum atomic E-state index is -0.298. The van der Waals surface area contributed by atoms with Gasteiger partial charge in [0.05, 0.1) is 20.0 Å². The number of unbranched alkanes of at least 4 members (excludes halogenated alkanes) is 2. The molecule has 0 saturated carbocycles. The van der Waals surface area contributed by atoms with E-state index in [9.17, 15) is 9.59 Å². The number of carbonyl (C=O) groups excluding carboxylic acids is 2. The predicted octanol–water partition coefficient (Wildman–Crippen LogP) is 6.05. The van der Waals surface area contributed by atoms with Crippen molar-refractivity contribution < 1.29 is 14.3 Å². The first kappa shape index (κ1) is 37.0. The highest BCUT2D eigenvalue weighted by Crippen LogP contribution is 2.19. The van der Waals surface area contributed by atoms with E-state index in [1.807, 2.05) is 72.7 Å². The van der Waals surface area contributed by atoms with Crippen LogP contribution in [0.25, 0.3) is 0 Å². The maximum Gasteiger partial charge on any atom is 0.309 e. The molecule has 2 rings (SSSR count). The molecule has 0 unspecified atom stereocenters. The molecule has 0 aliphatic heterocycles. The SMILES string of the molecule is CC.CC.CC.CCCCCNc1nc(N)nc(C)c1CCCNC(=O)Cc1cccc(CC(=O)OC)c1. The third-order valence-corrected chi connectivity index (χ3v) is 5.16. The number of ether oxygens (including phenoxy) is 1. The van der Waals surface area contributed by atoms with Crippen molar-refractivity contribution >= 4 is 23.6 Å². The summed E-state index contributed by atoms with van der Waals surface area (Å²) >= 11 is 0. The zero-order valence-electron chi connectivity index (χ0n) is 25.4. The molecule has 0 atom stereocenters. The van der Waals surface area contributed by atoms with Gasteiger partial charge in [-0.25, -0.2) is 4.98 Å². The first-order chi connectivity index (χ1) is 18.4. The van der Waals surface area contributed by atoms with E-state index in [4.69, 9.17) is 10.5 Å². The molecule has 0 aliphatic rings. The zero-order chi connectivity index (χ0) is 29.3. The third kappa shape index (κ3) is 15.8. The highest BCUT2D eigenvalue weighted by Gasteiger charge is 2.11. The molecule has 1 aromatic carbocycles. The number of aryl methyl sites for hydroxylation is 1. The lowest BCUT2D eigenvalue weighted by Crippen LogP contribution is -2.26. The van der Waals surface area contributed by atoms with Gasteiger partial charge < -0.3 is 21.1 Å². The number of nitrogens with one attached hydrogen (secondary N) is 2. The lowest BCUT2D eigenvalue weighted by atomic mass is 10.1. The molecule has 1 amide bonds. The largest absolute Gasteiger partial charge is 0.469 e. The van der Waals surface area contributed by atoms with Crippen LogP contribution in [0.1, 0.15) is 96.5 Å². The fourth-order valence-electron chi connectivity index (χ4n) is 3.47. The Labute approximate surface area is 231 Å². The molecular formula is C30H53N5O3. The molecule has 1 heterocycles. The molecular weight excluding hydrogens is 478 g/mol. The minimum absolute atomic E-state index is 0.0524. The summed E-state index contributed by atoms with van der Waals surface area (Å²) < 4.78 is 4.69. The predicted molar refractivity (Wildman–Crippen MR) is 160 cm³/mol. The van der Waals surface area contributed by atoms with E-state index in [0.717, 1.165) is 60.4 Å². The highest BCUT2D eigenvalue weighted by molar-refractivity contribution is 5.78. The van der Waals surface area contributed by atoms with Gasteiger partial charge in [-0.1, -0.05) is 85.6 Å². The maximum absolute atomic E-state index is 12.3. The van der Waals surface area contributed by atoms with Crippen molar-refractivity contribution in [3.8, 4) is 0 Å². The molecule has 0 aliphatic carbocycles. The maximum atomic E-state index is 12.3. The molecule has 0 fully saturated rings. The number of benzene rings is 1. The first-order valence-corrected chi connectivity index (χ1v) is 14.2. The van der Waals surface area contributed by atoms with E-state index in [-0.39, 0.29) is 30.7 Å². The average Bonchev–Trinajstić information content (AvgIpc) is 2.93. The Balaban J connectivity index is 0. The van der Waals surface area contributed by atoms with Crippen LogP contribution in [-0.2, 0) is 33.6 Å². The Bertz CT molecular complexity index is 903. The van der Waals surface area contributed by atoms with Crippen LogP contribution in [0.5, 0.6) is 0 Å². The van der Waals surface area contributed by atoms with Crippen LogP contribution in [0, 0.1) is 6.92 Å². The van der Waals surface area contributed by atoms with Crippen LogP contribution in [0.2, 0.25) is 0 Å². The van der Waals surface area contributed by atoms with Crippen molar-refractivity contribution in [3.05, 3.63) is 46.6 Å². The summed E-state index contributed by atoms with van der Waals surface area (Å²) in [5, 5.41) is 6.35. The Kier molecular flexibility index (Phi) is 23.6. The zero-order valence-corrected chi connectivity index (χ0v) is 25.4. The summed E-state index contributed by atoms with van der Waals surface area (Å²) in [6.07, 6.45) is 5.39. The van der Waals surface area contributed by atoms with E-state index in [1.165, 1.54) is 13.5 Å². The molecule has 1 aromatic heterocycles. The number of nitrogens with two attached hydrogens (primary N) is 1. The van der Waals surface area contributed by atoms with E-state index in [0.29, 0.717) is 6.54 Å². The fourth-order valence-corrected chi connectivity index (χ4v) is 3.47. The minimum Gasteiger partial charge on any atom is -0.469 e. The Morgan fingerprint density at radius 1 is 0.921 bits per heavy atom. The number of nitrogen functional groups attached to an aromatic ring is 1. The highest BCUT2D eigenvalue weighted by atomic mass is 16.5. The topological polar surface area (TPSA) is 119 Å². The first-order valence-electron chi connectivity index (χ1n) is 14.2. The van der Waals surface area contributed by atoms with Gasteiger partial charge in [0.25, 0.3) is 0 Å². The molecule has 0 saturated heterocycles. The standard InChI is InChI=1S/C24H35N5O3.3C2H6/c1-4-5-6-12-27-23-20(17(2)28-24(25)29-23)11-8-13-26-21(30)15-18-9-7-10-19(14-18)16-22(31)32-3;3*1-2/h7,9-10,14H,4-6,8,11-13,15-16H2,1-3H3,(H,26,30)(H3,25,27,28,29);3*1-2H3. The molecule has 0 spiro atoms. The smallest absolute Gasteiger partial charge is 0.309 e. The van der Waals surface area contributed by atoms with Gasteiger partial charge in [-0.3, -0.25) is 9.59 Å². The Morgan fingerprint density at radius 2 is 1.55 bits per heavy atom. The summed E-state index contributed by atoms with van der Waals surface area (Å²) in [7, 11) is 1.36. The second kappa shape index (κ2) is 24.2. The van der Waals surface area contributed by atoms with E-state index >= 15 is 0 Å². The third-order valence-electron chi connectivity index (χ3n) is 5.16. The number of hydrogen-bond acceptors (Lipinski definition) is 7. The number of aromatic nitrogens is 2. The number of carbonyl (C=O) groups is 2. The molecule has 0 radical (unpaired) electrons. The molecule has 38 heavy (non-hydrogen) atoms. The van der Waals surface area contributed by atoms with Gasteiger partial charge in [-0.2, -0.15) is 4.98 Å². The monoisotopic (exact) mass is 531 g/mol. The van der Waals surface area contributed by atoms with Gasteiger partial charge in [0.2, 0.25) is 11.9 Å². The van der Waals surface area contributed by atoms with Crippen LogP contribution >= 0.6 is 0 Å². The second-order valence-corrected chi connectivity index (χ2v) is 7.83. The van der Waals surface area contributed by atoms with Gasteiger partial charge >= 0.3 is 5.97 Å². The van der Waals surface area contributed by atoms with Gasteiger partial charge in [0.1, 0.15) is 5.82 Å². The number of anilines is 2. The number of hydrogen-bond donors (Lipinski definition) is 3. The normalized spacial score (nSPS) is 9.39. The van der Waals surface area contributed by atoms with Crippen molar-refractivity contribution in [2.75, 3.05) is 31.2 Å². The van der Waals surface area contributed by atoms with Gasteiger partial charge in [0.15, 0.2) is 0 Å². The van der Waals surface area contributed by atoms with Gasteiger partial charge in [-0.15, -0.1) is 0 Å². The summed E-state index contributed by atoms with van der Waals surface area (Å²) in [4.78, 5) is 32.4. The van der Waals surface area contributed by atoms with Crippen molar-refractivity contribution in [2.45, 2.75) is 100 Å².